The summed E-state index contributed by atoms with van der Waals surface area (Å²) in [7, 11) is -2.09. The average Bonchev–Trinajstić information content (AvgIpc) is 2.84. The molecule has 0 aliphatic carbocycles. The zero-order valence-electron chi connectivity index (χ0n) is 16.1. The molecular formula is C20H22FN3O3S. The van der Waals surface area contributed by atoms with E-state index in [1.165, 1.54) is 35.0 Å². The van der Waals surface area contributed by atoms with E-state index in [1.54, 1.807) is 23.9 Å². The molecule has 28 heavy (non-hydrogen) atoms. The Hall–Kier alpha value is -2.87. The van der Waals surface area contributed by atoms with Gasteiger partial charge in [-0.05, 0) is 55.3 Å². The Morgan fingerprint density at radius 2 is 1.71 bits per heavy atom. The zero-order valence-corrected chi connectivity index (χ0v) is 16.9. The Morgan fingerprint density at radius 1 is 1.07 bits per heavy atom. The maximum atomic E-state index is 13.3. The van der Waals surface area contributed by atoms with E-state index in [4.69, 9.17) is 0 Å². The average molecular weight is 403 g/mol. The molecule has 0 atom stereocenters. The summed E-state index contributed by atoms with van der Waals surface area (Å²) < 4.78 is 44.0. The lowest BCUT2D eigenvalue weighted by atomic mass is 10.0. The SMILES string of the molecule is Cc1c(C(C)C)c(=O)n(-c2ccc(S(=O)(=O)Nc3cccc(F)c3)cc2)n1C. The minimum atomic E-state index is -3.88. The van der Waals surface area contributed by atoms with Crippen LogP contribution in [0.3, 0.4) is 0 Å². The third-order valence-corrected chi connectivity index (χ3v) is 6.04. The van der Waals surface area contributed by atoms with E-state index >= 15 is 0 Å². The molecule has 0 aliphatic rings. The first-order valence-electron chi connectivity index (χ1n) is 8.79. The summed E-state index contributed by atoms with van der Waals surface area (Å²) >= 11 is 0. The number of anilines is 1. The van der Waals surface area contributed by atoms with Crippen LogP contribution in [0.5, 0.6) is 0 Å². The van der Waals surface area contributed by atoms with E-state index in [2.05, 4.69) is 4.72 Å². The first kappa shape index (κ1) is 19.9. The van der Waals surface area contributed by atoms with Crippen LogP contribution < -0.4 is 10.3 Å². The Bertz CT molecular complexity index is 1180. The van der Waals surface area contributed by atoms with E-state index in [1.807, 2.05) is 20.8 Å². The molecule has 0 saturated carbocycles. The second kappa shape index (κ2) is 7.27. The van der Waals surface area contributed by atoms with Crippen molar-refractivity contribution < 1.29 is 12.8 Å². The molecule has 0 radical (unpaired) electrons. The maximum Gasteiger partial charge on any atom is 0.275 e. The summed E-state index contributed by atoms with van der Waals surface area (Å²) in [6, 6.07) is 11.2. The van der Waals surface area contributed by atoms with Crippen LogP contribution in [0.1, 0.15) is 31.0 Å². The first-order valence-corrected chi connectivity index (χ1v) is 10.3. The molecule has 3 aromatic rings. The molecule has 1 heterocycles. The monoisotopic (exact) mass is 403 g/mol. The molecule has 6 nitrogen and oxygen atoms in total. The second-order valence-electron chi connectivity index (χ2n) is 6.90. The van der Waals surface area contributed by atoms with Crippen LogP contribution in [-0.4, -0.2) is 17.8 Å². The fourth-order valence-electron chi connectivity index (χ4n) is 3.22. The third kappa shape index (κ3) is 3.60. The molecule has 0 bridgehead atoms. The van der Waals surface area contributed by atoms with Gasteiger partial charge in [0.25, 0.3) is 15.6 Å². The van der Waals surface area contributed by atoms with Crippen LogP contribution >= 0.6 is 0 Å². The molecule has 0 spiro atoms. The summed E-state index contributed by atoms with van der Waals surface area (Å²) in [5, 5.41) is 0. The van der Waals surface area contributed by atoms with Gasteiger partial charge in [0, 0.05) is 18.3 Å². The van der Waals surface area contributed by atoms with E-state index < -0.39 is 15.8 Å². The molecule has 2 aromatic carbocycles. The number of aromatic nitrogens is 2. The van der Waals surface area contributed by atoms with Gasteiger partial charge in [0.1, 0.15) is 5.82 Å². The first-order chi connectivity index (χ1) is 13.1. The zero-order chi connectivity index (χ0) is 20.6. The van der Waals surface area contributed by atoms with Crippen molar-refractivity contribution in [1.29, 1.82) is 0 Å². The molecule has 8 heteroatoms. The number of hydrogen-bond acceptors (Lipinski definition) is 3. The Balaban J connectivity index is 1.96. The Kier molecular flexibility index (Phi) is 5.16. The predicted octanol–water partition coefficient (Wildman–Crippen LogP) is 3.55. The summed E-state index contributed by atoms with van der Waals surface area (Å²) in [5.74, 6) is -0.454. The summed E-state index contributed by atoms with van der Waals surface area (Å²) in [4.78, 5) is 12.8. The highest BCUT2D eigenvalue weighted by molar-refractivity contribution is 7.92. The topological polar surface area (TPSA) is 73.1 Å². The van der Waals surface area contributed by atoms with Gasteiger partial charge >= 0.3 is 0 Å². The van der Waals surface area contributed by atoms with Crippen LogP contribution in [0.25, 0.3) is 5.69 Å². The standard InChI is InChI=1S/C20H22FN3O3S/c1-13(2)19-14(3)23(4)24(20(19)25)17-8-10-18(11-9-17)28(26,27)22-16-7-5-6-15(21)12-16/h5-13,22H,1-4H3. The van der Waals surface area contributed by atoms with Gasteiger partial charge in [-0.1, -0.05) is 19.9 Å². The van der Waals surface area contributed by atoms with Gasteiger partial charge in [0.05, 0.1) is 16.3 Å². The van der Waals surface area contributed by atoms with Gasteiger partial charge < -0.3 is 0 Å². The van der Waals surface area contributed by atoms with Crippen LogP contribution in [0, 0.1) is 12.7 Å². The number of nitrogens with one attached hydrogen (secondary N) is 1. The molecule has 1 aromatic heterocycles. The van der Waals surface area contributed by atoms with Gasteiger partial charge in [-0.2, -0.15) is 0 Å². The van der Waals surface area contributed by atoms with E-state index in [-0.39, 0.29) is 22.1 Å². The van der Waals surface area contributed by atoms with Crippen LogP contribution in [-0.2, 0) is 17.1 Å². The van der Waals surface area contributed by atoms with Gasteiger partial charge in [0.2, 0.25) is 0 Å². The largest absolute Gasteiger partial charge is 0.285 e. The van der Waals surface area contributed by atoms with Gasteiger partial charge in [0.15, 0.2) is 0 Å². The molecule has 148 valence electrons. The van der Waals surface area contributed by atoms with E-state index in [9.17, 15) is 17.6 Å². The summed E-state index contributed by atoms with van der Waals surface area (Å²) in [6.45, 7) is 5.80. The summed E-state index contributed by atoms with van der Waals surface area (Å²) in [5.41, 5.74) is 2.17. The highest BCUT2D eigenvalue weighted by Crippen LogP contribution is 2.20. The normalized spacial score (nSPS) is 11.8. The molecule has 0 amide bonds. The molecule has 0 saturated heterocycles. The lowest BCUT2D eigenvalue weighted by Crippen LogP contribution is -2.21. The van der Waals surface area contributed by atoms with Crippen molar-refractivity contribution in [2.45, 2.75) is 31.6 Å². The Morgan fingerprint density at radius 3 is 2.25 bits per heavy atom. The van der Waals surface area contributed by atoms with Crippen LogP contribution in [0.2, 0.25) is 0 Å². The van der Waals surface area contributed by atoms with Crippen molar-refractivity contribution >= 4 is 15.7 Å². The molecular weight excluding hydrogens is 381 g/mol. The highest BCUT2D eigenvalue weighted by atomic mass is 32.2. The molecule has 0 fully saturated rings. The maximum absolute atomic E-state index is 13.3. The van der Waals surface area contributed by atoms with Crippen LogP contribution in [0.4, 0.5) is 10.1 Å². The number of halogens is 1. The fourth-order valence-corrected chi connectivity index (χ4v) is 4.27. The van der Waals surface area contributed by atoms with Crippen molar-refractivity contribution in [2.24, 2.45) is 7.05 Å². The van der Waals surface area contributed by atoms with Crippen molar-refractivity contribution in [3.63, 3.8) is 0 Å². The lowest BCUT2D eigenvalue weighted by Gasteiger charge is -2.11. The molecule has 0 unspecified atom stereocenters. The quantitative estimate of drug-likeness (QED) is 0.708. The van der Waals surface area contributed by atoms with Crippen molar-refractivity contribution in [3.8, 4) is 5.69 Å². The molecule has 1 N–H and O–H groups in total. The number of hydrogen-bond donors (Lipinski definition) is 1. The van der Waals surface area contributed by atoms with Crippen LogP contribution in [0.15, 0.2) is 58.2 Å². The van der Waals surface area contributed by atoms with E-state index in [0.29, 0.717) is 5.69 Å². The third-order valence-electron chi connectivity index (χ3n) is 4.64. The number of sulfonamides is 1. The van der Waals surface area contributed by atoms with Crippen molar-refractivity contribution in [2.75, 3.05) is 4.72 Å². The van der Waals surface area contributed by atoms with Crippen molar-refractivity contribution in [1.82, 2.24) is 9.36 Å². The predicted molar refractivity (Wildman–Crippen MR) is 107 cm³/mol. The number of nitrogens with zero attached hydrogens (tertiary/aromatic N) is 2. The minimum Gasteiger partial charge on any atom is -0.285 e. The Labute approximate surface area is 163 Å². The molecule has 3 rings (SSSR count). The van der Waals surface area contributed by atoms with Crippen molar-refractivity contribution in [3.05, 3.63) is 76.0 Å². The van der Waals surface area contributed by atoms with Gasteiger partial charge in [-0.15, -0.1) is 0 Å². The van der Waals surface area contributed by atoms with E-state index in [0.717, 1.165) is 17.3 Å². The lowest BCUT2D eigenvalue weighted by molar-refractivity contribution is 0.600. The molecule has 0 aliphatic heterocycles. The van der Waals surface area contributed by atoms with Gasteiger partial charge in [-0.25, -0.2) is 17.5 Å². The number of rotatable bonds is 5. The minimum absolute atomic E-state index is 0.0172. The second-order valence-corrected chi connectivity index (χ2v) is 8.59. The fraction of sp³-hybridized carbons (Fsp3) is 0.250. The summed E-state index contributed by atoms with van der Waals surface area (Å²) in [6.07, 6.45) is 0. The smallest absolute Gasteiger partial charge is 0.275 e. The van der Waals surface area contributed by atoms with Gasteiger partial charge in [-0.3, -0.25) is 14.2 Å². The number of benzene rings is 2. The highest BCUT2D eigenvalue weighted by Gasteiger charge is 2.19.